The average molecular weight is 533 g/mol. The van der Waals surface area contributed by atoms with E-state index in [4.69, 9.17) is 9.47 Å². The van der Waals surface area contributed by atoms with Gasteiger partial charge in [0.1, 0.15) is 30.0 Å². The van der Waals surface area contributed by atoms with Crippen LogP contribution in [0.25, 0.3) is 5.76 Å². The van der Waals surface area contributed by atoms with Crippen LogP contribution in [-0.2, 0) is 29.2 Å². The highest BCUT2D eigenvalue weighted by Crippen LogP contribution is 2.42. The molecule has 3 heterocycles. The summed E-state index contributed by atoms with van der Waals surface area (Å²) >= 11 is 0. The van der Waals surface area contributed by atoms with E-state index in [1.54, 1.807) is 36.7 Å². The molecule has 6 rings (SSSR count). The van der Waals surface area contributed by atoms with E-state index < -0.39 is 17.7 Å². The fourth-order valence-corrected chi connectivity index (χ4v) is 5.31. The van der Waals surface area contributed by atoms with Gasteiger partial charge in [-0.1, -0.05) is 42.5 Å². The zero-order chi connectivity index (χ0) is 27.6. The molecule has 0 unspecified atom stereocenters. The Kier molecular flexibility index (Phi) is 6.78. The third-order valence-electron chi connectivity index (χ3n) is 7.23. The van der Waals surface area contributed by atoms with Gasteiger partial charge in [-0.3, -0.25) is 14.6 Å². The molecular formula is C33H28N2O5. The Hall–Kier alpha value is -4.91. The molecular weight excluding hydrogens is 504 g/mol. The number of aliphatic hydroxyl groups is 1. The molecule has 1 amide bonds. The predicted octanol–water partition coefficient (Wildman–Crippen LogP) is 5.61. The predicted molar refractivity (Wildman–Crippen MR) is 150 cm³/mol. The summed E-state index contributed by atoms with van der Waals surface area (Å²) in [6, 6.07) is 25.3. The van der Waals surface area contributed by atoms with Crippen LogP contribution in [0, 0.1) is 0 Å². The van der Waals surface area contributed by atoms with Gasteiger partial charge in [-0.25, -0.2) is 0 Å². The second kappa shape index (κ2) is 10.7. The van der Waals surface area contributed by atoms with Crippen molar-refractivity contribution in [2.24, 2.45) is 0 Å². The summed E-state index contributed by atoms with van der Waals surface area (Å²) in [4.78, 5) is 32.5. The zero-order valence-corrected chi connectivity index (χ0v) is 22.0. The molecule has 2 atom stereocenters. The number of nitrogens with zero attached hydrogens (tertiary/aromatic N) is 2. The van der Waals surface area contributed by atoms with Crippen LogP contribution in [0.4, 0.5) is 0 Å². The Morgan fingerprint density at radius 1 is 0.975 bits per heavy atom. The first-order chi connectivity index (χ1) is 19.5. The highest BCUT2D eigenvalue weighted by molar-refractivity contribution is 6.46. The molecule has 1 saturated heterocycles. The molecule has 0 saturated carbocycles. The lowest BCUT2D eigenvalue weighted by molar-refractivity contribution is -0.140. The van der Waals surface area contributed by atoms with Crippen LogP contribution in [0.5, 0.6) is 11.5 Å². The Morgan fingerprint density at radius 3 is 2.58 bits per heavy atom. The van der Waals surface area contributed by atoms with E-state index in [1.807, 2.05) is 67.6 Å². The van der Waals surface area contributed by atoms with Crippen molar-refractivity contribution < 1.29 is 24.2 Å². The number of pyridine rings is 1. The summed E-state index contributed by atoms with van der Waals surface area (Å²) < 4.78 is 11.9. The van der Waals surface area contributed by atoms with Crippen LogP contribution in [0.3, 0.4) is 0 Å². The van der Waals surface area contributed by atoms with Gasteiger partial charge >= 0.3 is 0 Å². The molecule has 0 spiro atoms. The highest BCUT2D eigenvalue weighted by atomic mass is 16.5. The zero-order valence-electron chi connectivity index (χ0n) is 22.0. The lowest BCUT2D eigenvalue weighted by atomic mass is 9.94. The summed E-state index contributed by atoms with van der Waals surface area (Å²) in [6.45, 7) is 2.54. The number of aliphatic hydroxyl groups excluding tert-OH is 1. The number of hydrogen-bond donors (Lipinski definition) is 1. The lowest BCUT2D eigenvalue weighted by Gasteiger charge is -2.26. The molecule has 1 fully saturated rings. The SMILES string of the molecule is C[C@H]1Cc2cc(C(O)=C3C(=O)C(=O)N(Cc4ccncc4)[C@H]3c3cccc(OCc4ccccc4)c3)ccc2O1. The quantitative estimate of drug-likeness (QED) is 0.189. The van der Waals surface area contributed by atoms with E-state index in [-0.39, 0.29) is 24.0 Å². The van der Waals surface area contributed by atoms with Crippen molar-refractivity contribution in [1.82, 2.24) is 9.88 Å². The Bertz CT molecular complexity index is 1600. The number of fused-ring (bicyclic) bond motifs is 1. The van der Waals surface area contributed by atoms with Gasteiger partial charge in [-0.15, -0.1) is 0 Å². The average Bonchev–Trinajstić information content (AvgIpc) is 3.48. The molecule has 0 bridgehead atoms. The number of ether oxygens (including phenoxy) is 2. The maximum Gasteiger partial charge on any atom is 0.295 e. The second-order valence-electron chi connectivity index (χ2n) is 10.1. The second-order valence-corrected chi connectivity index (χ2v) is 10.1. The normalized spacial score (nSPS) is 19.4. The van der Waals surface area contributed by atoms with Gasteiger partial charge in [0.25, 0.3) is 11.7 Å². The molecule has 1 N–H and O–H groups in total. The number of benzene rings is 3. The van der Waals surface area contributed by atoms with Crippen LogP contribution in [-0.4, -0.2) is 32.8 Å². The monoisotopic (exact) mass is 532 g/mol. The number of rotatable bonds is 7. The fourth-order valence-electron chi connectivity index (χ4n) is 5.31. The molecule has 4 aromatic rings. The summed E-state index contributed by atoms with van der Waals surface area (Å²) in [5, 5.41) is 11.5. The number of amides is 1. The Morgan fingerprint density at radius 2 is 1.77 bits per heavy atom. The molecule has 0 radical (unpaired) electrons. The van der Waals surface area contributed by atoms with Crippen LogP contribution < -0.4 is 9.47 Å². The molecule has 2 aliphatic heterocycles. The summed E-state index contributed by atoms with van der Waals surface area (Å²) in [6.07, 6.45) is 4.04. The number of ketones is 1. The van der Waals surface area contributed by atoms with Gasteiger partial charge < -0.3 is 19.5 Å². The summed E-state index contributed by atoms with van der Waals surface area (Å²) in [5.41, 5.74) is 3.98. The van der Waals surface area contributed by atoms with E-state index in [2.05, 4.69) is 4.98 Å². The van der Waals surface area contributed by atoms with Crippen molar-refractivity contribution in [2.75, 3.05) is 0 Å². The van der Waals surface area contributed by atoms with Gasteiger partial charge in [0.2, 0.25) is 0 Å². The minimum Gasteiger partial charge on any atom is -0.507 e. The molecule has 1 aromatic heterocycles. The van der Waals surface area contributed by atoms with Crippen LogP contribution in [0.2, 0.25) is 0 Å². The van der Waals surface area contributed by atoms with Crippen molar-refractivity contribution in [3.63, 3.8) is 0 Å². The maximum atomic E-state index is 13.5. The van der Waals surface area contributed by atoms with Gasteiger partial charge in [0.05, 0.1) is 11.6 Å². The van der Waals surface area contributed by atoms with Crippen LogP contribution in [0.15, 0.2) is 103 Å². The van der Waals surface area contributed by atoms with E-state index in [0.29, 0.717) is 29.9 Å². The molecule has 200 valence electrons. The highest BCUT2D eigenvalue weighted by Gasteiger charge is 2.46. The van der Waals surface area contributed by atoms with E-state index in [9.17, 15) is 14.7 Å². The van der Waals surface area contributed by atoms with Gasteiger partial charge in [0, 0.05) is 30.9 Å². The Balaban J connectivity index is 1.41. The fraction of sp³-hybridized carbons (Fsp3) is 0.182. The van der Waals surface area contributed by atoms with Crippen molar-refractivity contribution >= 4 is 17.4 Å². The molecule has 40 heavy (non-hydrogen) atoms. The first-order valence-corrected chi connectivity index (χ1v) is 13.2. The third-order valence-corrected chi connectivity index (χ3v) is 7.23. The molecule has 7 heteroatoms. The first kappa shape index (κ1) is 25.4. The minimum atomic E-state index is -0.808. The van der Waals surface area contributed by atoms with Crippen LogP contribution in [0.1, 0.15) is 40.8 Å². The first-order valence-electron chi connectivity index (χ1n) is 13.2. The molecule has 7 nitrogen and oxygen atoms in total. The Labute approximate surface area is 232 Å². The van der Waals surface area contributed by atoms with Gasteiger partial charge in [-0.05, 0) is 71.6 Å². The van der Waals surface area contributed by atoms with Crippen LogP contribution >= 0.6 is 0 Å². The number of carbonyl (C=O) groups is 2. The standard InChI is InChI=1S/C33H28N2O5/c1-21-16-26-17-25(10-11-28(26)40-21)31(36)29-30(35(33(38)32(29)37)19-22-12-14-34-15-13-22)24-8-5-9-27(18-24)39-20-23-6-3-2-4-7-23/h2-15,17-18,21,30,36H,16,19-20H2,1H3/t21-,30-/m0/s1. The smallest absolute Gasteiger partial charge is 0.295 e. The molecule has 0 aliphatic carbocycles. The van der Waals surface area contributed by atoms with Crippen molar-refractivity contribution in [2.45, 2.75) is 38.6 Å². The van der Waals surface area contributed by atoms with E-state index in [1.165, 1.54) is 4.90 Å². The van der Waals surface area contributed by atoms with E-state index >= 15 is 0 Å². The largest absolute Gasteiger partial charge is 0.507 e. The number of hydrogen-bond acceptors (Lipinski definition) is 6. The topological polar surface area (TPSA) is 89.0 Å². The van der Waals surface area contributed by atoms with Crippen molar-refractivity contribution in [1.29, 1.82) is 0 Å². The third kappa shape index (κ3) is 4.94. The molecule has 3 aromatic carbocycles. The van der Waals surface area contributed by atoms with Crippen molar-refractivity contribution in [3.05, 3.63) is 131 Å². The maximum absolute atomic E-state index is 13.5. The lowest BCUT2D eigenvalue weighted by Crippen LogP contribution is -2.29. The summed E-state index contributed by atoms with van der Waals surface area (Å²) in [5.74, 6) is -0.241. The minimum absolute atomic E-state index is 0.0389. The number of carbonyl (C=O) groups excluding carboxylic acids is 2. The molecule has 2 aliphatic rings. The van der Waals surface area contributed by atoms with Gasteiger partial charge in [-0.2, -0.15) is 0 Å². The van der Waals surface area contributed by atoms with E-state index in [0.717, 1.165) is 22.4 Å². The van der Waals surface area contributed by atoms with Crippen molar-refractivity contribution in [3.8, 4) is 11.5 Å². The number of aromatic nitrogens is 1. The summed E-state index contributed by atoms with van der Waals surface area (Å²) in [7, 11) is 0. The van der Waals surface area contributed by atoms with Gasteiger partial charge in [0.15, 0.2) is 0 Å². The number of Topliss-reactive ketones (excluding diaryl/α,β-unsaturated/α-hetero) is 1. The number of likely N-dealkylation sites (tertiary alicyclic amines) is 1.